The summed E-state index contributed by atoms with van der Waals surface area (Å²) in [6.45, 7) is 2.56. The molecule has 0 radical (unpaired) electrons. The van der Waals surface area contributed by atoms with Crippen molar-refractivity contribution in [1.29, 1.82) is 0 Å². The molecule has 1 aliphatic heterocycles. The van der Waals surface area contributed by atoms with Gasteiger partial charge in [0.1, 0.15) is 17.3 Å². The van der Waals surface area contributed by atoms with E-state index < -0.39 is 0 Å². The van der Waals surface area contributed by atoms with E-state index in [0.717, 1.165) is 30.8 Å². The van der Waals surface area contributed by atoms with Crippen LogP contribution >= 0.6 is 0 Å². The second-order valence-electron chi connectivity index (χ2n) is 4.37. The number of rotatable bonds is 1. The van der Waals surface area contributed by atoms with Gasteiger partial charge in [-0.05, 0) is 43.5 Å². The molecule has 92 valence electrons. The highest BCUT2D eigenvalue weighted by Gasteiger charge is 2.13. The molecule has 0 saturated heterocycles. The van der Waals surface area contributed by atoms with Crippen molar-refractivity contribution in [3.05, 3.63) is 29.6 Å². The summed E-state index contributed by atoms with van der Waals surface area (Å²) >= 11 is 0. The lowest BCUT2D eigenvalue weighted by Crippen LogP contribution is -2.08. The minimum absolute atomic E-state index is 0.416. The number of benzene rings is 1. The molecule has 18 heavy (non-hydrogen) atoms. The number of aryl methyl sites for hydroxylation is 2. The average molecular weight is 242 g/mol. The van der Waals surface area contributed by atoms with Gasteiger partial charge in [-0.3, -0.25) is 0 Å². The Hall–Kier alpha value is -2.17. The summed E-state index contributed by atoms with van der Waals surface area (Å²) in [6, 6.07) is 5.97. The molecule has 5 heteroatoms. The van der Waals surface area contributed by atoms with Gasteiger partial charge in [0.2, 0.25) is 0 Å². The van der Waals surface area contributed by atoms with Crippen LogP contribution in [0, 0.1) is 6.92 Å². The molecule has 1 aliphatic rings. The first-order valence-corrected chi connectivity index (χ1v) is 5.97. The summed E-state index contributed by atoms with van der Waals surface area (Å²) < 4.78 is 5.58. The third-order valence-corrected chi connectivity index (χ3v) is 3.00. The summed E-state index contributed by atoms with van der Waals surface area (Å²) in [7, 11) is 0. The average Bonchev–Trinajstić information content (AvgIpc) is 2.38. The van der Waals surface area contributed by atoms with Crippen LogP contribution in [0.5, 0.6) is 5.75 Å². The highest BCUT2D eigenvalue weighted by molar-refractivity contribution is 5.70. The van der Waals surface area contributed by atoms with Gasteiger partial charge in [0, 0.05) is 5.56 Å². The molecule has 0 saturated carbocycles. The fourth-order valence-electron chi connectivity index (χ4n) is 2.14. The normalized spacial score (nSPS) is 13.8. The van der Waals surface area contributed by atoms with Gasteiger partial charge < -0.3 is 10.5 Å². The van der Waals surface area contributed by atoms with Gasteiger partial charge in [0.15, 0.2) is 5.82 Å². The topological polar surface area (TPSA) is 73.9 Å². The highest BCUT2D eigenvalue weighted by Crippen LogP contribution is 2.30. The standard InChI is InChI=1S/C13H14N4O/c1-8-15-13(14)12(17-16-8)10-4-5-11-9(7-10)3-2-6-18-11/h4-5,7H,2-3,6H2,1H3,(H2,14,15,16). The summed E-state index contributed by atoms with van der Waals surface area (Å²) in [5.41, 5.74) is 8.65. The number of anilines is 1. The van der Waals surface area contributed by atoms with Crippen LogP contribution in [-0.4, -0.2) is 21.8 Å². The summed E-state index contributed by atoms with van der Waals surface area (Å²) in [4.78, 5) is 4.13. The zero-order valence-corrected chi connectivity index (χ0v) is 10.2. The van der Waals surface area contributed by atoms with Gasteiger partial charge in [-0.1, -0.05) is 0 Å². The van der Waals surface area contributed by atoms with Crippen LogP contribution in [-0.2, 0) is 6.42 Å². The lowest BCUT2D eigenvalue weighted by molar-refractivity contribution is 0.288. The summed E-state index contributed by atoms with van der Waals surface area (Å²) in [5.74, 6) is 1.95. The maximum absolute atomic E-state index is 5.88. The summed E-state index contributed by atoms with van der Waals surface area (Å²) in [5, 5.41) is 8.07. The van der Waals surface area contributed by atoms with Crippen LogP contribution in [0.15, 0.2) is 18.2 Å². The second-order valence-corrected chi connectivity index (χ2v) is 4.37. The Morgan fingerprint density at radius 3 is 3.00 bits per heavy atom. The van der Waals surface area contributed by atoms with Crippen LogP contribution < -0.4 is 10.5 Å². The van der Waals surface area contributed by atoms with Crippen molar-refractivity contribution in [2.75, 3.05) is 12.3 Å². The molecular formula is C13H14N4O. The number of fused-ring (bicyclic) bond motifs is 1. The molecule has 2 N–H and O–H groups in total. The van der Waals surface area contributed by atoms with E-state index in [1.165, 1.54) is 5.56 Å². The van der Waals surface area contributed by atoms with Gasteiger partial charge >= 0.3 is 0 Å². The maximum atomic E-state index is 5.88. The largest absolute Gasteiger partial charge is 0.493 e. The smallest absolute Gasteiger partial charge is 0.154 e. The molecule has 2 heterocycles. The van der Waals surface area contributed by atoms with E-state index in [1.54, 1.807) is 6.92 Å². The molecule has 0 unspecified atom stereocenters. The minimum atomic E-state index is 0.416. The minimum Gasteiger partial charge on any atom is -0.493 e. The number of nitrogens with two attached hydrogens (primary N) is 1. The van der Waals surface area contributed by atoms with E-state index in [0.29, 0.717) is 17.3 Å². The van der Waals surface area contributed by atoms with E-state index >= 15 is 0 Å². The SMILES string of the molecule is Cc1nnc(-c2ccc3c(c2)CCCO3)c(N)n1. The predicted molar refractivity (Wildman–Crippen MR) is 68.2 cm³/mol. The number of aromatic nitrogens is 3. The van der Waals surface area contributed by atoms with Crippen molar-refractivity contribution >= 4 is 5.82 Å². The van der Waals surface area contributed by atoms with Gasteiger partial charge in [-0.25, -0.2) is 4.98 Å². The second kappa shape index (κ2) is 4.25. The fourth-order valence-corrected chi connectivity index (χ4v) is 2.14. The predicted octanol–water partition coefficient (Wildman–Crippen LogP) is 1.75. The van der Waals surface area contributed by atoms with Crippen molar-refractivity contribution in [3.8, 4) is 17.0 Å². The maximum Gasteiger partial charge on any atom is 0.154 e. The van der Waals surface area contributed by atoms with Gasteiger partial charge in [0.25, 0.3) is 0 Å². The number of nitrogen functional groups attached to an aromatic ring is 1. The molecular weight excluding hydrogens is 228 g/mol. The van der Waals surface area contributed by atoms with Crippen molar-refractivity contribution in [1.82, 2.24) is 15.2 Å². The zero-order valence-electron chi connectivity index (χ0n) is 10.2. The third kappa shape index (κ3) is 1.88. The lowest BCUT2D eigenvalue weighted by atomic mass is 10.0. The van der Waals surface area contributed by atoms with E-state index in [9.17, 15) is 0 Å². The van der Waals surface area contributed by atoms with Crippen LogP contribution in [0.2, 0.25) is 0 Å². The van der Waals surface area contributed by atoms with Crippen molar-refractivity contribution in [3.63, 3.8) is 0 Å². The van der Waals surface area contributed by atoms with Crippen molar-refractivity contribution < 1.29 is 4.74 Å². The Morgan fingerprint density at radius 1 is 1.28 bits per heavy atom. The molecule has 0 bridgehead atoms. The summed E-state index contributed by atoms with van der Waals surface area (Å²) in [6.07, 6.45) is 2.07. The molecule has 1 aromatic heterocycles. The van der Waals surface area contributed by atoms with E-state index in [1.807, 2.05) is 12.1 Å². The first kappa shape index (κ1) is 11.0. The molecule has 0 amide bonds. The van der Waals surface area contributed by atoms with Crippen LogP contribution in [0.1, 0.15) is 17.8 Å². The van der Waals surface area contributed by atoms with E-state index in [-0.39, 0.29) is 0 Å². The first-order chi connectivity index (χ1) is 8.74. The van der Waals surface area contributed by atoms with Crippen LogP contribution in [0.4, 0.5) is 5.82 Å². The van der Waals surface area contributed by atoms with Crippen molar-refractivity contribution in [2.24, 2.45) is 0 Å². The van der Waals surface area contributed by atoms with E-state index in [2.05, 4.69) is 21.2 Å². The Balaban J connectivity index is 2.06. The van der Waals surface area contributed by atoms with E-state index in [4.69, 9.17) is 10.5 Å². The number of hydrogen-bond donors (Lipinski definition) is 1. The van der Waals surface area contributed by atoms with Gasteiger partial charge in [-0.15, -0.1) is 10.2 Å². The number of ether oxygens (including phenoxy) is 1. The van der Waals surface area contributed by atoms with Crippen molar-refractivity contribution in [2.45, 2.75) is 19.8 Å². The molecule has 1 aromatic carbocycles. The molecule has 0 atom stereocenters. The highest BCUT2D eigenvalue weighted by atomic mass is 16.5. The molecule has 2 aromatic rings. The molecule has 0 aliphatic carbocycles. The van der Waals surface area contributed by atoms with Crippen LogP contribution in [0.3, 0.4) is 0 Å². The Bertz CT molecular complexity index is 598. The molecule has 0 fully saturated rings. The van der Waals surface area contributed by atoms with Gasteiger partial charge in [-0.2, -0.15) is 0 Å². The lowest BCUT2D eigenvalue weighted by Gasteiger charge is -2.17. The van der Waals surface area contributed by atoms with Gasteiger partial charge in [0.05, 0.1) is 6.61 Å². The quantitative estimate of drug-likeness (QED) is 0.824. The first-order valence-electron chi connectivity index (χ1n) is 5.97. The molecule has 0 spiro atoms. The number of nitrogens with zero attached hydrogens (tertiary/aromatic N) is 3. The monoisotopic (exact) mass is 242 g/mol. The fraction of sp³-hybridized carbons (Fsp3) is 0.308. The number of hydrogen-bond acceptors (Lipinski definition) is 5. The Kier molecular flexibility index (Phi) is 2.59. The third-order valence-electron chi connectivity index (χ3n) is 3.00. The Morgan fingerprint density at radius 2 is 2.17 bits per heavy atom. The Labute approximate surface area is 105 Å². The van der Waals surface area contributed by atoms with Crippen LogP contribution in [0.25, 0.3) is 11.3 Å². The molecule has 5 nitrogen and oxygen atoms in total. The molecule has 3 rings (SSSR count). The zero-order chi connectivity index (χ0) is 12.5.